The van der Waals surface area contributed by atoms with Crippen molar-refractivity contribution in [1.29, 1.82) is 0 Å². The molecule has 2 aromatic carbocycles. The zero-order chi connectivity index (χ0) is 13.5. The molecule has 0 aliphatic rings. The molecule has 0 radical (unpaired) electrons. The summed E-state index contributed by atoms with van der Waals surface area (Å²) in [6.07, 6.45) is 6.62. The van der Waals surface area contributed by atoms with Crippen molar-refractivity contribution in [3.05, 3.63) is 71.8 Å². The van der Waals surface area contributed by atoms with Gasteiger partial charge in [-0.2, -0.15) is 0 Å². The van der Waals surface area contributed by atoms with Gasteiger partial charge in [0.25, 0.3) is 0 Å². The molecule has 0 N–H and O–H groups in total. The quantitative estimate of drug-likeness (QED) is 0.577. The van der Waals surface area contributed by atoms with Crippen LogP contribution in [0.15, 0.2) is 60.7 Å². The largest absolute Gasteiger partial charge is 0.325 e. The molecule has 0 bridgehead atoms. The standard InChI is InChI=1S/C18H19N/c1-3-19(15-18-12-8-5-9-13-18)16(2)14-17-10-6-4-7-11-17/h1,4-13,16H,14-15H2,2H3/t16-/m1/s1. The fourth-order valence-electron chi connectivity index (χ4n) is 2.17. The molecule has 19 heavy (non-hydrogen) atoms. The summed E-state index contributed by atoms with van der Waals surface area (Å²) in [6, 6.07) is 23.9. The maximum atomic E-state index is 5.65. The molecule has 0 aliphatic heterocycles. The average molecular weight is 249 g/mol. The molecule has 96 valence electrons. The minimum Gasteiger partial charge on any atom is -0.325 e. The lowest BCUT2D eigenvalue weighted by atomic mass is 10.1. The lowest BCUT2D eigenvalue weighted by Gasteiger charge is -2.25. The molecule has 0 saturated heterocycles. The van der Waals surface area contributed by atoms with Gasteiger partial charge in [-0.1, -0.05) is 67.1 Å². The predicted molar refractivity (Wildman–Crippen MR) is 80.4 cm³/mol. The van der Waals surface area contributed by atoms with Gasteiger partial charge in [-0.25, -0.2) is 0 Å². The number of benzene rings is 2. The minimum atomic E-state index is 0.326. The van der Waals surface area contributed by atoms with Crippen molar-refractivity contribution in [3.8, 4) is 12.5 Å². The topological polar surface area (TPSA) is 3.24 Å². The van der Waals surface area contributed by atoms with Gasteiger partial charge in [-0.3, -0.25) is 0 Å². The third-order valence-corrected chi connectivity index (χ3v) is 3.27. The van der Waals surface area contributed by atoms with Crippen molar-refractivity contribution in [2.45, 2.75) is 25.9 Å². The van der Waals surface area contributed by atoms with E-state index < -0.39 is 0 Å². The van der Waals surface area contributed by atoms with Crippen molar-refractivity contribution in [1.82, 2.24) is 4.90 Å². The summed E-state index contributed by atoms with van der Waals surface area (Å²) >= 11 is 0. The van der Waals surface area contributed by atoms with E-state index in [4.69, 9.17) is 6.42 Å². The first-order chi connectivity index (χ1) is 9.29. The van der Waals surface area contributed by atoms with Gasteiger partial charge in [-0.15, -0.1) is 0 Å². The molecule has 2 aromatic rings. The molecule has 0 saturated carbocycles. The Kier molecular flexibility index (Phi) is 4.64. The number of hydrogen-bond donors (Lipinski definition) is 0. The first-order valence-corrected chi connectivity index (χ1v) is 6.60. The molecular weight excluding hydrogens is 230 g/mol. The van der Waals surface area contributed by atoms with E-state index >= 15 is 0 Å². The van der Waals surface area contributed by atoms with E-state index in [0.29, 0.717) is 6.04 Å². The molecule has 0 heterocycles. The van der Waals surface area contributed by atoms with E-state index in [1.807, 2.05) is 24.3 Å². The maximum Gasteiger partial charge on any atom is 0.0514 e. The molecule has 0 unspecified atom stereocenters. The minimum absolute atomic E-state index is 0.326. The van der Waals surface area contributed by atoms with Crippen LogP contribution < -0.4 is 0 Å². The van der Waals surface area contributed by atoms with Gasteiger partial charge < -0.3 is 4.90 Å². The molecule has 0 aliphatic carbocycles. The van der Waals surface area contributed by atoms with Crippen LogP contribution in [0.1, 0.15) is 18.1 Å². The highest BCUT2D eigenvalue weighted by Crippen LogP contribution is 2.11. The Balaban J connectivity index is 2.00. The number of nitrogens with zero attached hydrogens (tertiary/aromatic N) is 1. The highest BCUT2D eigenvalue weighted by atomic mass is 15.1. The third-order valence-electron chi connectivity index (χ3n) is 3.27. The van der Waals surface area contributed by atoms with Gasteiger partial charge in [0.2, 0.25) is 0 Å². The van der Waals surface area contributed by atoms with E-state index in [1.54, 1.807) is 0 Å². The number of hydrogen-bond acceptors (Lipinski definition) is 1. The number of terminal acetylenes is 1. The zero-order valence-corrected chi connectivity index (χ0v) is 11.3. The summed E-state index contributed by atoms with van der Waals surface area (Å²) in [6.45, 7) is 2.97. The monoisotopic (exact) mass is 249 g/mol. The van der Waals surface area contributed by atoms with Crippen LogP contribution in [-0.4, -0.2) is 10.9 Å². The number of rotatable bonds is 5. The van der Waals surface area contributed by atoms with Gasteiger partial charge in [-0.05, 0) is 24.5 Å². The van der Waals surface area contributed by atoms with Crippen LogP contribution in [0.25, 0.3) is 0 Å². The maximum absolute atomic E-state index is 5.65. The van der Waals surface area contributed by atoms with Crippen molar-refractivity contribution in [2.24, 2.45) is 0 Å². The highest BCUT2D eigenvalue weighted by molar-refractivity contribution is 5.18. The molecule has 1 heteroatoms. The van der Waals surface area contributed by atoms with Crippen LogP contribution in [-0.2, 0) is 13.0 Å². The second-order valence-electron chi connectivity index (χ2n) is 4.78. The molecule has 0 aromatic heterocycles. The fraction of sp³-hybridized carbons (Fsp3) is 0.222. The van der Waals surface area contributed by atoms with E-state index in [9.17, 15) is 0 Å². The lowest BCUT2D eigenvalue weighted by Crippen LogP contribution is -2.29. The highest BCUT2D eigenvalue weighted by Gasteiger charge is 2.11. The van der Waals surface area contributed by atoms with E-state index in [2.05, 4.69) is 54.3 Å². The summed E-state index contributed by atoms with van der Waals surface area (Å²) in [5, 5.41) is 0. The van der Waals surface area contributed by atoms with Crippen LogP contribution in [0.2, 0.25) is 0 Å². The summed E-state index contributed by atoms with van der Waals surface area (Å²) in [7, 11) is 0. The Morgan fingerprint density at radius 1 is 0.947 bits per heavy atom. The van der Waals surface area contributed by atoms with Crippen LogP contribution in [0.4, 0.5) is 0 Å². The van der Waals surface area contributed by atoms with E-state index in [1.165, 1.54) is 11.1 Å². The Morgan fingerprint density at radius 2 is 1.47 bits per heavy atom. The van der Waals surface area contributed by atoms with Crippen molar-refractivity contribution in [3.63, 3.8) is 0 Å². The third kappa shape index (κ3) is 3.89. The molecule has 1 nitrogen and oxygen atoms in total. The summed E-state index contributed by atoms with van der Waals surface area (Å²) in [4.78, 5) is 2.06. The van der Waals surface area contributed by atoms with Gasteiger partial charge in [0, 0.05) is 12.1 Å². The molecule has 0 amide bonds. The molecule has 1 atom stereocenters. The zero-order valence-electron chi connectivity index (χ0n) is 11.3. The van der Waals surface area contributed by atoms with Crippen molar-refractivity contribution < 1.29 is 0 Å². The Hall–Kier alpha value is -2.20. The lowest BCUT2D eigenvalue weighted by molar-refractivity contribution is 0.303. The van der Waals surface area contributed by atoms with Gasteiger partial charge in [0.05, 0.1) is 6.54 Å². The summed E-state index contributed by atoms with van der Waals surface area (Å²) < 4.78 is 0. The molecular formula is C18H19N. The van der Waals surface area contributed by atoms with Gasteiger partial charge >= 0.3 is 0 Å². The molecule has 0 spiro atoms. The van der Waals surface area contributed by atoms with Crippen LogP contribution in [0.5, 0.6) is 0 Å². The summed E-state index contributed by atoms with van der Waals surface area (Å²) in [5.41, 5.74) is 2.57. The average Bonchev–Trinajstić information content (AvgIpc) is 2.47. The van der Waals surface area contributed by atoms with Crippen LogP contribution in [0.3, 0.4) is 0 Å². The molecule has 0 fully saturated rings. The Morgan fingerprint density at radius 3 is 2.00 bits per heavy atom. The van der Waals surface area contributed by atoms with E-state index in [-0.39, 0.29) is 0 Å². The van der Waals surface area contributed by atoms with E-state index in [0.717, 1.165) is 13.0 Å². The Bertz CT molecular complexity index is 525. The van der Waals surface area contributed by atoms with Crippen LogP contribution >= 0.6 is 0 Å². The Labute approximate surface area is 115 Å². The van der Waals surface area contributed by atoms with Crippen molar-refractivity contribution >= 4 is 0 Å². The van der Waals surface area contributed by atoms with Crippen molar-refractivity contribution in [2.75, 3.05) is 0 Å². The SMILES string of the molecule is C#CN(Cc1ccccc1)[C@H](C)Cc1ccccc1. The summed E-state index contributed by atoms with van der Waals surface area (Å²) in [5.74, 6) is 0. The predicted octanol–water partition coefficient (Wildman–Crippen LogP) is 3.71. The van der Waals surface area contributed by atoms with Crippen LogP contribution in [0, 0.1) is 12.5 Å². The molecule has 2 rings (SSSR count). The first kappa shape index (κ1) is 13.2. The van der Waals surface area contributed by atoms with Gasteiger partial charge in [0.15, 0.2) is 0 Å². The second-order valence-corrected chi connectivity index (χ2v) is 4.78. The normalized spacial score (nSPS) is 11.6. The smallest absolute Gasteiger partial charge is 0.0514 e. The second kappa shape index (κ2) is 6.66. The fourth-order valence-corrected chi connectivity index (χ4v) is 2.17. The van der Waals surface area contributed by atoms with Gasteiger partial charge in [0.1, 0.15) is 0 Å². The first-order valence-electron chi connectivity index (χ1n) is 6.60.